The van der Waals surface area contributed by atoms with E-state index >= 15 is 0 Å². The fraction of sp³-hybridized carbons (Fsp3) is 0.250. The average Bonchev–Trinajstić information content (AvgIpc) is 2.67. The maximum atomic E-state index is 11.9. The lowest BCUT2D eigenvalue weighted by Crippen LogP contribution is -2.30. The van der Waals surface area contributed by atoms with Crippen molar-refractivity contribution in [3.05, 3.63) is 65.7 Å². The van der Waals surface area contributed by atoms with Crippen LogP contribution in [0, 0.1) is 0 Å². The molecule has 0 bridgehead atoms. The van der Waals surface area contributed by atoms with Crippen LogP contribution in [-0.4, -0.2) is 36.7 Å². The summed E-state index contributed by atoms with van der Waals surface area (Å²) in [6, 6.07) is 16.4. The Balaban J connectivity index is 1.61. The zero-order chi connectivity index (χ0) is 19.5. The van der Waals surface area contributed by atoms with E-state index in [2.05, 4.69) is 22.8 Å². The molecular weight excluding hydrogens is 364 g/mol. The van der Waals surface area contributed by atoms with Crippen molar-refractivity contribution in [3.63, 3.8) is 0 Å². The molecule has 0 saturated carbocycles. The van der Waals surface area contributed by atoms with Crippen LogP contribution in [0.1, 0.15) is 22.8 Å². The number of benzene rings is 2. The maximum Gasteiger partial charge on any atom is 0.338 e. The van der Waals surface area contributed by atoms with Gasteiger partial charge in [-0.2, -0.15) is 11.8 Å². The molecule has 27 heavy (non-hydrogen) atoms. The number of ether oxygens (including phenoxy) is 1. The Labute approximate surface area is 162 Å². The highest BCUT2D eigenvalue weighted by Gasteiger charge is 2.10. The number of rotatable bonds is 9. The number of carbonyl (C=O) groups excluding carboxylic acids is 3. The summed E-state index contributed by atoms with van der Waals surface area (Å²) in [4.78, 5) is 34.6. The molecule has 0 atom stereocenters. The van der Waals surface area contributed by atoms with Gasteiger partial charge < -0.3 is 15.4 Å². The van der Waals surface area contributed by atoms with Gasteiger partial charge in [0.2, 0.25) is 5.91 Å². The van der Waals surface area contributed by atoms with Crippen LogP contribution in [0.5, 0.6) is 0 Å². The standard InChI is InChI=1S/C20H22N2O4S/c1-15(23)22-18-9-7-17(8-10-18)20(25)26-13-19(24)21-11-12-27-14-16-5-3-2-4-6-16/h2-10H,11-14H2,1H3,(H,21,24)(H,22,23). The van der Waals surface area contributed by atoms with Gasteiger partial charge in [0.25, 0.3) is 5.91 Å². The molecule has 2 aromatic rings. The highest BCUT2D eigenvalue weighted by molar-refractivity contribution is 7.98. The Morgan fingerprint density at radius 2 is 1.70 bits per heavy atom. The van der Waals surface area contributed by atoms with E-state index in [4.69, 9.17) is 4.74 Å². The molecular formula is C20H22N2O4S. The zero-order valence-corrected chi connectivity index (χ0v) is 15.9. The number of thioether (sulfide) groups is 1. The molecule has 2 N–H and O–H groups in total. The van der Waals surface area contributed by atoms with E-state index in [1.807, 2.05) is 18.2 Å². The summed E-state index contributed by atoms with van der Waals surface area (Å²) < 4.78 is 4.99. The molecule has 0 aliphatic heterocycles. The van der Waals surface area contributed by atoms with E-state index in [9.17, 15) is 14.4 Å². The van der Waals surface area contributed by atoms with Gasteiger partial charge in [-0.3, -0.25) is 9.59 Å². The Morgan fingerprint density at radius 1 is 1.00 bits per heavy atom. The molecule has 2 amide bonds. The lowest BCUT2D eigenvalue weighted by molar-refractivity contribution is -0.124. The van der Waals surface area contributed by atoms with E-state index in [0.29, 0.717) is 17.8 Å². The molecule has 0 fully saturated rings. The Morgan fingerprint density at radius 3 is 2.37 bits per heavy atom. The van der Waals surface area contributed by atoms with Gasteiger partial charge in [-0.25, -0.2) is 4.79 Å². The summed E-state index contributed by atoms with van der Waals surface area (Å²) in [6.45, 7) is 1.59. The van der Waals surface area contributed by atoms with Gasteiger partial charge in [-0.15, -0.1) is 0 Å². The Kier molecular flexibility index (Phi) is 8.38. The smallest absolute Gasteiger partial charge is 0.338 e. The molecule has 0 heterocycles. The van der Waals surface area contributed by atoms with E-state index in [-0.39, 0.29) is 18.4 Å². The normalized spacial score (nSPS) is 10.1. The van der Waals surface area contributed by atoms with Gasteiger partial charge in [0.1, 0.15) is 0 Å². The summed E-state index contributed by atoms with van der Waals surface area (Å²) >= 11 is 1.72. The van der Waals surface area contributed by atoms with Crippen LogP contribution in [0.4, 0.5) is 5.69 Å². The van der Waals surface area contributed by atoms with Crippen molar-refractivity contribution in [1.29, 1.82) is 0 Å². The topological polar surface area (TPSA) is 84.5 Å². The second-order valence-corrected chi connectivity index (χ2v) is 6.83. The fourth-order valence-corrected chi connectivity index (χ4v) is 3.00. The van der Waals surface area contributed by atoms with E-state index in [1.165, 1.54) is 24.6 Å². The largest absolute Gasteiger partial charge is 0.452 e. The summed E-state index contributed by atoms with van der Waals surface area (Å²) in [5, 5.41) is 5.33. The first-order valence-corrected chi connectivity index (χ1v) is 9.63. The summed E-state index contributed by atoms with van der Waals surface area (Å²) in [6.07, 6.45) is 0. The SMILES string of the molecule is CC(=O)Nc1ccc(C(=O)OCC(=O)NCCSCc2ccccc2)cc1. The van der Waals surface area contributed by atoms with E-state index in [1.54, 1.807) is 23.9 Å². The third-order valence-electron chi connectivity index (χ3n) is 3.46. The van der Waals surface area contributed by atoms with Gasteiger partial charge in [0, 0.05) is 30.7 Å². The minimum absolute atomic E-state index is 0.191. The fourth-order valence-electron chi connectivity index (χ4n) is 2.19. The van der Waals surface area contributed by atoms with Gasteiger partial charge >= 0.3 is 5.97 Å². The van der Waals surface area contributed by atoms with Crippen LogP contribution in [0.2, 0.25) is 0 Å². The summed E-state index contributed by atoms with van der Waals surface area (Å²) in [5.41, 5.74) is 2.15. The molecule has 2 aromatic carbocycles. The Bertz CT molecular complexity index is 763. The van der Waals surface area contributed by atoms with Gasteiger partial charge in [-0.05, 0) is 29.8 Å². The zero-order valence-electron chi connectivity index (χ0n) is 15.1. The minimum atomic E-state index is -0.585. The van der Waals surface area contributed by atoms with Gasteiger partial charge in [0.05, 0.1) is 5.56 Å². The molecule has 6 nitrogen and oxygen atoms in total. The number of carbonyl (C=O) groups is 3. The summed E-state index contributed by atoms with van der Waals surface area (Å²) in [5.74, 6) is 0.555. The van der Waals surface area contributed by atoms with Crippen LogP contribution in [0.25, 0.3) is 0 Å². The van der Waals surface area contributed by atoms with Crippen LogP contribution < -0.4 is 10.6 Å². The molecule has 142 valence electrons. The Hall–Kier alpha value is -2.80. The molecule has 0 saturated heterocycles. The molecule has 0 aliphatic carbocycles. The lowest BCUT2D eigenvalue weighted by Gasteiger charge is -2.07. The maximum absolute atomic E-state index is 11.9. The molecule has 0 unspecified atom stereocenters. The lowest BCUT2D eigenvalue weighted by atomic mass is 10.2. The van der Waals surface area contributed by atoms with E-state index in [0.717, 1.165) is 11.5 Å². The molecule has 0 aliphatic rings. The molecule has 0 aromatic heterocycles. The van der Waals surface area contributed by atoms with E-state index < -0.39 is 5.97 Å². The second kappa shape index (κ2) is 11.0. The molecule has 7 heteroatoms. The molecule has 0 spiro atoms. The number of hydrogen-bond donors (Lipinski definition) is 2. The van der Waals surface area contributed by atoms with Crippen LogP contribution in [-0.2, 0) is 20.1 Å². The van der Waals surface area contributed by atoms with Crippen molar-refractivity contribution in [1.82, 2.24) is 5.32 Å². The van der Waals surface area contributed by atoms with Gasteiger partial charge in [-0.1, -0.05) is 30.3 Å². The van der Waals surface area contributed by atoms with Crippen molar-refractivity contribution in [2.24, 2.45) is 0 Å². The van der Waals surface area contributed by atoms with Crippen LogP contribution in [0.15, 0.2) is 54.6 Å². The highest BCUT2D eigenvalue weighted by atomic mass is 32.2. The second-order valence-electron chi connectivity index (χ2n) is 5.72. The first kappa shape index (κ1) is 20.5. The predicted octanol–water partition coefficient (Wildman–Crippen LogP) is 2.85. The van der Waals surface area contributed by atoms with Crippen molar-refractivity contribution >= 4 is 35.2 Å². The number of esters is 1. The van der Waals surface area contributed by atoms with Crippen molar-refractivity contribution in [2.75, 3.05) is 24.2 Å². The quantitative estimate of drug-likeness (QED) is 0.511. The van der Waals surface area contributed by atoms with Crippen LogP contribution in [0.3, 0.4) is 0 Å². The predicted molar refractivity (Wildman–Crippen MR) is 107 cm³/mol. The van der Waals surface area contributed by atoms with Crippen molar-refractivity contribution < 1.29 is 19.1 Å². The van der Waals surface area contributed by atoms with Crippen molar-refractivity contribution in [3.8, 4) is 0 Å². The first-order chi connectivity index (χ1) is 13.0. The number of anilines is 1. The van der Waals surface area contributed by atoms with Crippen LogP contribution >= 0.6 is 11.8 Å². The third kappa shape index (κ3) is 7.96. The molecule has 2 rings (SSSR count). The highest BCUT2D eigenvalue weighted by Crippen LogP contribution is 2.11. The number of amides is 2. The van der Waals surface area contributed by atoms with Crippen molar-refractivity contribution in [2.45, 2.75) is 12.7 Å². The minimum Gasteiger partial charge on any atom is -0.452 e. The summed E-state index contributed by atoms with van der Waals surface area (Å²) in [7, 11) is 0. The monoisotopic (exact) mass is 386 g/mol. The number of hydrogen-bond acceptors (Lipinski definition) is 5. The number of nitrogens with one attached hydrogen (secondary N) is 2. The first-order valence-electron chi connectivity index (χ1n) is 8.48. The molecule has 0 radical (unpaired) electrons. The average molecular weight is 386 g/mol. The third-order valence-corrected chi connectivity index (χ3v) is 4.49. The van der Waals surface area contributed by atoms with Gasteiger partial charge in [0.15, 0.2) is 6.61 Å².